The lowest BCUT2D eigenvalue weighted by molar-refractivity contribution is 0.0685. The van der Waals surface area contributed by atoms with Crippen LogP contribution in [0.5, 0.6) is 0 Å². The van der Waals surface area contributed by atoms with Gasteiger partial charge in [0.05, 0.1) is 13.2 Å². The second-order valence-corrected chi connectivity index (χ2v) is 1.97. The quantitative estimate of drug-likeness (QED) is 0.356. The van der Waals surface area contributed by atoms with E-state index in [1.807, 2.05) is 0 Å². The molecule has 0 aromatic rings. The molecular formula is C6H12O4. The molecule has 2 atom stereocenters. The normalized spacial score (nSPS) is 16.4. The van der Waals surface area contributed by atoms with Gasteiger partial charge in [-0.05, 0) is 5.57 Å². The van der Waals surface area contributed by atoms with E-state index in [1.54, 1.807) is 0 Å². The maximum atomic E-state index is 8.81. The Morgan fingerprint density at radius 1 is 1.10 bits per heavy atom. The van der Waals surface area contributed by atoms with Crippen LogP contribution in [0.15, 0.2) is 12.2 Å². The van der Waals surface area contributed by atoms with E-state index in [-0.39, 0.29) is 5.57 Å². The van der Waals surface area contributed by atoms with Crippen LogP contribution in [0, 0.1) is 0 Å². The minimum absolute atomic E-state index is 0.0324. The van der Waals surface area contributed by atoms with Crippen molar-refractivity contribution in [3.05, 3.63) is 12.2 Å². The van der Waals surface area contributed by atoms with Gasteiger partial charge in [-0.1, -0.05) is 6.58 Å². The van der Waals surface area contributed by atoms with Gasteiger partial charge in [0.1, 0.15) is 12.2 Å². The maximum absolute atomic E-state index is 8.81. The van der Waals surface area contributed by atoms with Crippen LogP contribution in [-0.4, -0.2) is 45.8 Å². The summed E-state index contributed by atoms with van der Waals surface area (Å²) >= 11 is 0. The average molecular weight is 148 g/mol. The van der Waals surface area contributed by atoms with Crippen LogP contribution in [0.25, 0.3) is 0 Å². The molecule has 0 aromatic carbocycles. The van der Waals surface area contributed by atoms with E-state index in [4.69, 9.17) is 20.4 Å². The molecule has 4 heteroatoms. The summed E-state index contributed by atoms with van der Waals surface area (Å²) in [6, 6.07) is 0. The smallest absolute Gasteiger partial charge is 0.100 e. The van der Waals surface area contributed by atoms with Crippen molar-refractivity contribution in [3.63, 3.8) is 0 Å². The molecule has 0 bridgehead atoms. The van der Waals surface area contributed by atoms with E-state index in [1.165, 1.54) is 0 Å². The van der Waals surface area contributed by atoms with Gasteiger partial charge in [0.15, 0.2) is 0 Å². The molecule has 0 fully saturated rings. The summed E-state index contributed by atoms with van der Waals surface area (Å²) in [7, 11) is 0. The number of rotatable bonds is 4. The standard InChI is InChI=1S/C6H12O4/c1-4(5(9)2-7)6(10)3-8/h5-10H,1-3H2/t5-,6-/m0/s1. The molecule has 0 radical (unpaired) electrons. The lowest BCUT2D eigenvalue weighted by atomic mass is 10.1. The molecule has 0 aliphatic heterocycles. The van der Waals surface area contributed by atoms with Gasteiger partial charge in [-0.2, -0.15) is 0 Å². The zero-order valence-electron chi connectivity index (χ0n) is 5.56. The van der Waals surface area contributed by atoms with E-state index in [2.05, 4.69) is 6.58 Å². The van der Waals surface area contributed by atoms with Crippen LogP contribution >= 0.6 is 0 Å². The first kappa shape index (κ1) is 9.58. The molecule has 10 heavy (non-hydrogen) atoms. The van der Waals surface area contributed by atoms with Crippen molar-refractivity contribution in [2.24, 2.45) is 0 Å². The Bertz CT molecular complexity index is 100. The minimum Gasteiger partial charge on any atom is -0.393 e. The first-order valence-corrected chi connectivity index (χ1v) is 2.90. The Morgan fingerprint density at radius 3 is 1.60 bits per heavy atom. The molecule has 0 saturated carbocycles. The van der Waals surface area contributed by atoms with Crippen molar-refractivity contribution in [2.75, 3.05) is 13.2 Å². The molecule has 0 aliphatic carbocycles. The van der Waals surface area contributed by atoms with Gasteiger partial charge in [-0.15, -0.1) is 0 Å². The lowest BCUT2D eigenvalue weighted by Crippen LogP contribution is -2.26. The second-order valence-electron chi connectivity index (χ2n) is 1.97. The second kappa shape index (κ2) is 4.40. The van der Waals surface area contributed by atoms with Gasteiger partial charge >= 0.3 is 0 Å². The fraction of sp³-hybridized carbons (Fsp3) is 0.667. The Hall–Kier alpha value is -0.420. The highest BCUT2D eigenvalue weighted by atomic mass is 16.3. The third-order valence-electron chi connectivity index (χ3n) is 1.20. The van der Waals surface area contributed by atoms with Crippen molar-refractivity contribution < 1.29 is 20.4 Å². The Morgan fingerprint density at radius 2 is 1.40 bits per heavy atom. The van der Waals surface area contributed by atoms with E-state index in [0.29, 0.717) is 0 Å². The fourth-order valence-corrected chi connectivity index (χ4v) is 0.457. The average Bonchev–Trinajstić information content (AvgIpc) is 2.00. The molecule has 0 amide bonds. The van der Waals surface area contributed by atoms with E-state index >= 15 is 0 Å². The Kier molecular flexibility index (Phi) is 4.22. The fourth-order valence-electron chi connectivity index (χ4n) is 0.457. The number of aliphatic hydroxyl groups excluding tert-OH is 4. The zero-order chi connectivity index (χ0) is 8.15. The van der Waals surface area contributed by atoms with Gasteiger partial charge in [0.25, 0.3) is 0 Å². The Labute approximate surface area is 59.1 Å². The third-order valence-corrected chi connectivity index (χ3v) is 1.20. The molecule has 0 rings (SSSR count). The van der Waals surface area contributed by atoms with Crippen LogP contribution < -0.4 is 0 Å². The SMILES string of the molecule is C=C([C@@H](O)CO)[C@@H](O)CO. The molecular weight excluding hydrogens is 136 g/mol. The molecule has 0 aliphatic rings. The molecule has 4 N–H and O–H groups in total. The van der Waals surface area contributed by atoms with Crippen LogP contribution in [0.4, 0.5) is 0 Å². The van der Waals surface area contributed by atoms with Crippen LogP contribution in [-0.2, 0) is 0 Å². The van der Waals surface area contributed by atoms with Gasteiger partial charge in [0.2, 0.25) is 0 Å². The zero-order valence-corrected chi connectivity index (χ0v) is 5.56. The van der Waals surface area contributed by atoms with Gasteiger partial charge in [-0.25, -0.2) is 0 Å². The van der Waals surface area contributed by atoms with Crippen LogP contribution in [0.3, 0.4) is 0 Å². The van der Waals surface area contributed by atoms with Crippen molar-refractivity contribution in [1.82, 2.24) is 0 Å². The molecule has 0 unspecified atom stereocenters. The highest BCUT2D eigenvalue weighted by Crippen LogP contribution is 2.03. The number of hydrogen-bond acceptors (Lipinski definition) is 4. The van der Waals surface area contributed by atoms with E-state index < -0.39 is 25.4 Å². The highest BCUT2D eigenvalue weighted by molar-refractivity contribution is 5.07. The number of aliphatic hydroxyl groups is 4. The first-order valence-electron chi connectivity index (χ1n) is 2.90. The van der Waals surface area contributed by atoms with Gasteiger partial charge in [0, 0.05) is 0 Å². The van der Waals surface area contributed by atoms with Crippen LogP contribution in [0.2, 0.25) is 0 Å². The summed E-state index contributed by atoms with van der Waals surface area (Å²) < 4.78 is 0. The summed E-state index contributed by atoms with van der Waals surface area (Å²) in [5.41, 5.74) is 0.0324. The highest BCUT2D eigenvalue weighted by Gasteiger charge is 2.14. The van der Waals surface area contributed by atoms with E-state index in [9.17, 15) is 0 Å². The van der Waals surface area contributed by atoms with Crippen molar-refractivity contribution >= 4 is 0 Å². The summed E-state index contributed by atoms with van der Waals surface area (Å²) in [4.78, 5) is 0. The first-order chi connectivity index (χ1) is 4.63. The summed E-state index contributed by atoms with van der Waals surface area (Å²) in [5, 5.41) is 34.3. The van der Waals surface area contributed by atoms with Crippen molar-refractivity contribution in [1.29, 1.82) is 0 Å². The molecule has 0 heterocycles. The molecule has 0 saturated heterocycles. The molecule has 4 nitrogen and oxygen atoms in total. The van der Waals surface area contributed by atoms with Crippen molar-refractivity contribution in [3.8, 4) is 0 Å². The van der Waals surface area contributed by atoms with Crippen molar-refractivity contribution in [2.45, 2.75) is 12.2 Å². The maximum Gasteiger partial charge on any atom is 0.100 e. The number of hydrogen-bond donors (Lipinski definition) is 4. The summed E-state index contributed by atoms with van der Waals surface area (Å²) in [5.74, 6) is 0. The third kappa shape index (κ3) is 2.45. The lowest BCUT2D eigenvalue weighted by Gasteiger charge is -2.14. The van der Waals surface area contributed by atoms with E-state index in [0.717, 1.165) is 0 Å². The van der Waals surface area contributed by atoms with Gasteiger partial charge < -0.3 is 20.4 Å². The molecule has 0 spiro atoms. The monoisotopic (exact) mass is 148 g/mol. The summed E-state index contributed by atoms with van der Waals surface area (Å²) in [6.07, 6.45) is -2.30. The Balaban J connectivity index is 3.82. The largest absolute Gasteiger partial charge is 0.393 e. The van der Waals surface area contributed by atoms with Gasteiger partial charge in [-0.3, -0.25) is 0 Å². The van der Waals surface area contributed by atoms with Crippen LogP contribution in [0.1, 0.15) is 0 Å². The summed E-state index contributed by atoms with van der Waals surface area (Å²) in [6.45, 7) is 2.30. The minimum atomic E-state index is -1.15. The topological polar surface area (TPSA) is 80.9 Å². The predicted octanol–water partition coefficient (Wildman–Crippen LogP) is -1.75. The predicted molar refractivity (Wildman–Crippen MR) is 35.3 cm³/mol. The molecule has 60 valence electrons. The molecule has 0 aromatic heterocycles.